The van der Waals surface area contributed by atoms with Crippen molar-refractivity contribution in [2.24, 2.45) is 33.8 Å². The van der Waals surface area contributed by atoms with Crippen molar-refractivity contribution >= 4 is 46.5 Å². The lowest BCUT2D eigenvalue weighted by atomic mass is 10.0. The summed E-state index contributed by atoms with van der Waals surface area (Å²) < 4.78 is 0. The first-order valence-electron chi connectivity index (χ1n) is 13.6. The minimum atomic E-state index is -1.33. The smallest absolute Gasteiger partial charge is 0.326 e. The van der Waals surface area contributed by atoms with Crippen LogP contribution in [-0.4, -0.2) is 76.4 Å². The molecule has 42 heavy (non-hydrogen) atoms. The maximum atomic E-state index is 13.6. The highest BCUT2D eigenvalue weighted by molar-refractivity contribution is 5.95. The van der Waals surface area contributed by atoms with E-state index in [0.717, 1.165) is 16.5 Å². The van der Waals surface area contributed by atoms with Gasteiger partial charge in [0.05, 0.1) is 6.04 Å². The van der Waals surface area contributed by atoms with Gasteiger partial charge in [0.15, 0.2) is 5.96 Å². The molecule has 0 radical (unpaired) electrons. The van der Waals surface area contributed by atoms with Crippen molar-refractivity contribution in [1.82, 2.24) is 20.9 Å². The average Bonchev–Trinajstić information content (AvgIpc) is 3.33. The van der Waals surface area contributed by atoms with E-state index in [4.69, 9.17) is 22.9 Å². The normalized spacial score (nSPS) is 13.9. The second kappa shape index (κ2) is 16.0. The van der Waals surface area contributed by atoms with Gasteiger partial charge < -0.3 is 49.0 Å². The molecule has 0 aliphatic rings. The molecule has 15 heteroatoms. The number of primary amides is 1. The minimum absolute atomic E-state index is 0.000671. The summed E-state index contributed by atoms with van der Waals surface area (Å²) in [5.41, 5.74) is 23.4. The predicted octanol–water partition coefficient (Wildman–Crippen LogP) is -1.45. The SMILES string of the molecule is CC(C)C(N)C(=O)NC(Cc1c[nH]c2ccccc12)C(=O)NC(CCC(N)=O)C(=O)NC(CCCN=C(N)N)C(=O)O. The predicted molar refractivity (Wildman–Crippen MR) is 157 cm³/mol. The van der Waals surface area contributed by atoms with Gasteiger partial charge in [-0.2, -0.15) is 0 Å². The molecule has 2 aromatic rings. The Labute approximate surface area is 243 Å². The molecule has 4 atom stereocenters. The average molecular weight is 588 g/mol. The third kappa shape index (κ3) is 10.4. The summed E-state index contributed by atoms with van der Waals surface area (Å²) in [6.07, 6.45) is 1.56. The van der Waals surface area contributed by atoms with Crippen LogP contribution >= 0.6 is 0 Å². The van der Waals surface area contributed by atoms with Crippen molar-refractivity contribution in [3.05, 3.63) is 36.0 Å². The van der Waals surface area contributed by atoms with Gasteiger partial charge >= 0.3 is 5.97 Å². The minimum Gasteiger partial charge on any atom is -0.480 e. The van der Waals surface area contributed by atoms with Crippen molar-refractivity contribution in [2.45, 2.75) is 70.1 Å². The number of carbonyl (C=O) groups is 5. The molecular formula is C27H41N9O6. The zero-order valence-corrected chi connectivity index (χ0v) is 23.8. The van der Waals surface area contributed by atoms with Crippen LogP contribution in [0.1, 0.15) is 45.1 Å². The number of carboxylic acid groups (broad SMARTS) is 1. The molecule has 230 valence electrons. The van der Waals surface area contributed by atoms with Crippen LogP contribution in [-0.2, 0) is 30.4 Å². The number of nitrogens with zero attached hydrogens (tertiary/aromatic N) is 1. The first-order valence-corrected chi connectivity index (χ1v) is 13.6. The molecule has 1 heterocycles. The van der Waals surface area contributed by atoms with Crippen molar-refractivity contribution in [1.29, 1.82) is 0 Å². The van der Waals surface area contributed by atoms with Gasteiger partial charge in [0.25, 0.3) is 0 Å². The van der Waals surface area contributed by atoms with Crippen molar-refractivity contribution in [3.8, 4) is 0 Å². The van der Waals surface area contributed by atoms with Gasteiger partial charge in [-0.15, -0.1) is 0 Å². The monoisotopic (exact) mass is 587 g/mol. The zero-order chi connectivity index (χ0) is 31.4. The summed E-state index contributed by atoms with van der Waals surface area (Å²) in [4.78, 5) is 69.8. The third-order valence-corrected chi connectivity index (χ3v) is 6.63. The highest BCUT2D eigenvalue weighted by Gasteiger charge is 2.31. The van der Waals surface area contributed by atoms with Crippen LogP contribution < -0.4 is 38.9 Å². The molecule has 0 saturated heterocycles. The zero-order valence-electron chi connectivity index (χ0n) is 23.8. The Morgan fingerprint density at radius 1 is 0.905 bits per heavy atom. The van der Waals surface area contributed by atoms with Crippen molar-refractivity contribution in [3.63, 3.8) is 0 Å². The van der Waals surface area contributed by atoms with E-state index in [2.05, 4.69) is 25.9 Å². The van der Waals surface area contributed by atoms with Crippen molar-refractivity contribution < 1.29 is 29.1 Å². The number of aliphatic imine (C=N–C) groups is 1. The van der Waals surface area contributed by atoms with Gasteiger partial charge in [0.1, 0.15) is 18.1 Å². The highest BCUT2D eigenvalue weighted by atomic mass is 16.4. The fourth-order valence-electron chi connectivity index (χ4n) is 4.16. The number of aromatic amines is 1. The molecule has 0 bridgehead atoms. The summed E-state index contributed by atoms with van der Waals surface area (Å²) >= 11 is 0. The first-order chi connectivity index (χ1) is 19.8. The molecule has 0 aliphatic heterocycles. The number of H-pyrrole nitrogens is 1. The summed E-state index contributed by atoms with van der Waals surface area (Å²) in [6.45, 7) is 3.68. The highest BCUT2D eigenvalue weighted by Crippen LogP contribution is 2.19. The van der Waals surface area contributed by atoms with Gasteiger partial charge in [0.2, 0.25) is 23.6 Å². The van der Waals surface area contributed by atoms with E-state index in [0.29, 0.717) is 0 Å². The van der Waals surface area contributed by atoms with E-state index in [1.54, 1.807) is 20.0 Å². The number of fused-ring (bicyclic) bond motifs is 1. The molecule has 1 aromatic carbocycles. The number of nitrogens with one attached hydrogen (secondary N) is 4. The number of carbonyl (C=O) groups excluding carboxylic acids is 4. The van der Waals surface area contributed by atoms with Crippen LogP contribution in [0.15, 0.2) is 35.5 Å². The Kier molecular flexibility index (Phi) is 12.7. The van der Waals surface area contributed by atoms with Gasteiger partial charge in [-0.1, -0.05) is 32.0 Å². The number of carboxylic acids is 1. The summed E-state index contributed by atoms with van der Waals surface area (Å²) in [5, 5.41) is 18.1. The number of guanidine groups is 1. The molecule has 0 aliphatic carbocycles. The molecule has 4 amide bonds. The van der Waals surface area contributed by atoms with Gasteiger partial charge in [-0.05, 0) is 36.8 Å². The Balaban J connectivity index is 2.27. The largest absolute Gasteiger partial charge is 0.480 e. The van der Waals surface area contributed by atoms with Crippen molar-refractivity contribution in [2.75, 3.05) is 6.54 Å². The summed E-state index contributed by atoms with van der Waals surface area (Å²) in [5.74, 6) is -4.51. The lowest BCUT2D eigenvalue weighted by Gasteiger charge is -2.25. The molecule has 4 unspecified atom stereocenters. The van der Waals surface area contributed by atoms with E-state index in [1.165, 1.54) is 0 Å². The van der Waals surface area contributed by atoms with Crippen LogP contribution in [0.3, 0.4) is 0 Å². The lowest BCUT2D eigenvalue weighted by molar-refractivity contribution is -0.142. The second-order valence-electron chi connectivity index (χ2n) is 10.3. The first kappa shape index (κ1) is 33.5. The fourth-order valence-corrected chi connectivity index (χ4v) is 4.16. The van der Waals surface area contributed by atoms with E-state index >= 15 is 0 Å². The molecule has 0 spiro atoms. The number of benzene rings is 1. The van der Waals surface area contributed by atoms with E-state index in [1.807, 2.05) is 24.3 Å². The van der Waals surface area contributed by atoms with Crippen LogP contribution in [0.4, 0.5) is 0 Å². The summed E-state index contributed by atoms with van der Waals surface area (Å²) in [6, 6.07) is 2.72. The third-order valence-electron chi connectivity index (χ3n) is 6.63. The molecule has 0 fully saturated rings. The van der Waals surface area contributed by atoms with E-state index in [9.17, 15) is 29.1 Å². The molecule has 0 saturated carbocycles. The number of nitrogens with two attached hydrogens (primary N) is 4. The quantitative estimate of drug-likeness (QED) is 0.0594. The van der Waals surface area contributed by atoms with Crippen LogP contribution in [0, 0.1) is 5.92 Å². The number of aliphatic carboxylic acids is 1. The topological polar surface area (TPSA) is 274 Å². The molecule has 2 rings (SSSR count). The Bertz CT molecular complexity index is 1290. The number of aromatic nitrogens is 1. The van der Waals surface area contributed by atoms with Crippen LogP contribution in [0.25, 0.3) is 10.9 Å². The number of hydrogen-bond donors (Lipinski definition) is 9. The number of rotatable bonds is 17. The second-order valence-corrected chi connectivity index (χ2v) is 10.3. The van der Waals surface area contributed by atoms with Crippen LogP contribution in [0.2, 0.25) is 0 Å². The number of amides is 4. The van der Waals surface area contributed by atoms with Gasteiger partial charge in [-0.25, -0.2) is 4.79 Å². The number of para-hydroxylation sites is 1. The van der Waals surface area contributed by atoms with Gasteiger partial charge in [0, 0.05) is 36.5 Å². The van der Waals surface area contributed by atoms with Gasteiger partial charge in [-0.3, -0.25) is 24.2 Å². The Morgan fingerprint density at radius 2 is 1.52 bits per heavy atom. The van der Waals surface area contributed by atoms with E-state index < -0.39 is 53.8 Å². The van der Waals surface area contributed by atoms with Crippen LogP contribution in [0.5, 0.6) is 0 Å². The number of hydrogen-bond acceptors (Lipinski definition) is 7. The maximum absolute atomic E-state index is 13.6. The summed E-state index contributed by atoms with van der Waals surface area (Å²) in [7, 11) is 0. The van der Waals surface area contributed by atoms with E-state index in [-0.39, 0.29) is 50.5 Å². The molecule has 15 nitrogen and oxygen atoms in total. The lowest BCUT2D eigenvalue weighted by Crippen LogP contribution is -2.58. The maximum Gasteiger partial charge on any atom is 0.326 e. The fraction of sp³-hybridized carbons (Fsp3) is 0.481. The Hall–Kier alpha value is -4.66. The molecular weight excluding hydrogens is 546 g/mol. The molecule has 1 aromatic heterocycles. The Morgan fingerprint density at radius 3 is 2.14 bits per heavy atom. The molecule has 13 N–H and O–H groups in total. The standard InChI is InChI=1S/C27H41N9O6/c1-14(2)22(29)25(40)36-20(12-15-13-33-17-7-4-3-6-16(15)17)24(39)34-18(9-10-21(28)37)23(38)35-19(26(41)42)8-5-11-32-27(30)31/h3-4,6-7,13-14,18-20,22,33H,5,8-12,29H2,1-2H3,(H2,28,37)(H,34,39)(H,35,38)(H,36,40)(H,41,42)(H4,30,31,32).